The second-order valence-corrected chi connectivity index (χ2v) is 5.46. The highest BCUT2D eigenvalue weighted by Crippen LogP contribution is 2.48. The van der Waals surface area contributed by atoms with Crippen LogP contribution in [0.25, 0.3) is 0 Å². The van der Waals surface area contributed by atoms with Crippen LogP contribution in [0.4, 0.5) is 13.2 Å². The third kappa shape index (κ3) is 2.01. The van der Waals surface area contributed by atoms with Crippen LogP contribution in [0.1, 0.15) is 39.5 Å². The molecule has 0 aliphatic carbocycles. The summed E-state index contributed by atoms with van der Waals surface area (Å²) >= 11 is 0. The zero-order chi connectivity index (χ0) is 11.3. The van der Waals surface area contributed by atoms with E-state index in [0.717, 1.165) is 19.3 Å². The first-order valence-electron chi connectivity index (χ1n) is 5.52. The molecule has 2 aliphatic heterocycles. The summed E-state index contributed by atoms with van der Waals surface area (Å²) in [6.07, 6.45) is -0.756. The first kappa shape index (κ1) is 11.2. The summed E-state index contributed by atoms with van der Waals surface area (Å²) < 4.78 is 43.6. The van der Waals surface area contributed by atoms with E-state index in [9.17, 15) is 13.2 Å². The van der Waals surface area contributed by atoms with Gasteiger partial charge in [-0.05, 0) is 31.6 Å². The molecule has 0 aromatic heterocycles. The van der Waals surface area contributed by atoms with Crippen LogP contribution in [-0.4, -0.2) is 18.4 Å². The molecule has 0 saturated carbocycles. The van der Waals surface area contributed by atoms with Gasteiger partial charge in [-0.1, -0.05) is 13.8 Å². The number of ether oxygens (including phenoxy) is 1. The summed E-state index contributed by atoms with van der Waals surface area (Å²) in [5, 5.41) is 0. The number of alkyl halides is 3. The highest BCUT2D eigenvalue weighted by atomic mass is 19.4. The predicted molar refractivity (Wildman–Crippen MR) is 50.5 cm³/mol. The molecule has 2 bridgehead atoms. The summed E-state index contributed by atoms with van der Waals surface area (Å²) in [6, 6.07) is 0. The van der Waals surface area contributed by atoms with Crippen molar-refractivity contribution in [2.75, 3.05) is 0 Å². The van der Waals surface area contributed by atoms with E-state index in [0.29, 0.717) is 0 Å². The molecule has 2 rings (SSSR count). The van der Waals surface area contributed by atoms with Gasteiger partial charge in [0.15, 0.2) is 0 Å². The molecule has 2 saturated heterocycles. The summed E-state index contributed by atoms with van der Waals surface area (Å²) in [6.45, 7) is 2.58. The topological polar surface area (TPSA) is 9.23 Å². The van der Waals surface area contributed by atoms with Gasteiger partial charge in [0, 0.05) is 0 Å². The van der Waals surface area contributed by atoms with E-state index in [2.05, 4.69) is 0 Å². The van der Waals surface area contributed by atoms with Gasteiger partial charge in [0.1, 0.15) is 0 Å². The number of halogens is 3. The highest BCUT2D eigenvalue weighted by Gasteiger charge is 2.51. The lowest BCUT2D eigenvalue weighted by atomic mass is 9.76. The van der Waals surface area contributed by atoms with Crippen molar-refractivity contribution in [3.05, 3.63) is 0 Å². The first-order valence-corrected chi connectivity index (χ1v) is 5.52. The number of fused-ring (bicyclic) bond motifs is 2. The molecule has 15 heavy (non-hydrogen) atoms. The maximum Gasteiger partial charge on any atom is 0.393 e. The molecule has 0 aromatic carbocycles. The van der Waals surface area contributed by atoms with Gasteiger partial charge in [-0.3, -0.25) is 0 Å². The first-order chi connectivity index (χ1) is 6.79. The Bertz CT molecular complexity index is 247. The van der Waals surface area contributed by atoms with E-state index in [1.165, 1.54) is 13.8 Å². The van der Waals surface area contributed by atoms with Crippen LogP contribution < -0.4 is 0 Å². The van der Waals surface area contributed by atoms with Crippen LogP contribution >= 0.6 is 0 Å². The second-order valence-electron chi connectivity index (χ2n) is 5.46. The standard InChI is InChI=1S/C11H17F3O/c1-10(2,11(12,13)14)6-7-5-8-3-4-9(7)15-8/h7-9H,3-6H2,1-2H3. The Kier molecular flexibility index (Phi) is 2.53. The van der Waals surface area contributed by atoms with E-state index in [-0.39, 0.29) is 24.5 Å². The zero-order valence-corrected chi connectivity index (χ0v) is 9.10. The average molecular weight is 222 g/mol. The Morgan fingerprint density at radius 1 is 1.20 bits per heavy atom. The number of hydrogen-bond acceptors (Lipinski definition) is 1. The fourth-order valence-corrected chi connectivity index (χ4v) is 2.73. The van der Waals surface area contributed by atoms with Crippen LogP contribution in [0.2, 0.25) is 0 Å². The van der Waals surface area contributed by atoms with Crippen LogP contribution in [0, 0.1) is 11.3 Å². The Morgan fingerprint density at radius 3 is 2.27 bits per heavy atom. The van der Waals surface area contributed by atoms with E-state index in [4.69, 9.17) is 4.74 Å². The van der Waals surface area contributed by atoms with Gasteiger partial charge < -0.3 is 4.74 Å². The Balaban J connectivity index is 1.97. The van der Waals surface area contributed by atoms with Gasteiger partial charge in [0.25, 0.3) is 0 Å². The van der Waals surface area contributed by atoms with Crippen LogP contribution in [0.15, 0.2) is 0 Å². The molecule has 88 valence electrons. The number of rotatable bonds is 2. The third-order valence-electron chi connectivity index (χ3n) is 3.77. The molecular formula is C11H17F3O. The van der Waals surface area contributed by atoms with Crippen LogP contribution in [-0.2, 0) is 4.74 Å². The molecule has 0 N–H and O–H groups in total. The molecule has 2 fully saturated rings. The quantitative estimate of drug-likeness (QED) is 0.694. The Labute approximate surface area is 88.0 Å². The molecular weight excluding hydrogens is 205 g/mol. The van der Waals surface area contributed by atoms with Gasteiger partial charge in [-0.15, -0.1) is 0 Å². The van der Waals surface area contributed by atoms with E-state index in [1.54, 1.807) is 0 Å². The molecule has 2 heterocycles. The van der Waals surface area contributed by atoms with Crippen molar-refractivity contribution in [3.63, 3.8) is 0 Å². The lowest BCUT2D eigenvalue weighted by molar-refractivity contribution is -0.218. The molecule has 0 aromatic rings. The van der Waals surface area contributed by atoms with E-state index < -0.39 is 11.6 Å². The average Bonchev–Trinajstić information content (AvgIpc) is 2.61. The highest BCUT2D eigenvalue weighted by molar-refractivity contribution is 4.93. The fraction of sp³-hybridized carbons (Fsp3) is 1.00. The predicted octanol–water partition coefficient (Wildman–Crippen LogP) is 3.53. The van der Waals surface area contributed by atoms with Gasteiger partial charge >= 0.3 is 6.18 Å². The maximum atomic E-state index is 12.7. The SMILES string of the molecule is CC(C)(CC1CC2CCC1O2)C(F)(F)F. The summed E-state index contributed by atoms with van der Waals surface area (Å²) in [4.78, 5) is 0. The summed E-state index contributed by atoms with van der Waals surface area (Å²) in [7, 11) is 0. The summed E-state index contributed by atoms with van der Waals surface area (Å²) in [5.74, 6) is 0.111. The largest absolute Gasteiger partial charge is 0.393 e. The van der Waals surface area contributed by atoms with Crippen molar-refractivity contribution in [1.29, 1.82) is 0 Å². The third-order valence-corrected chi connectivity index (χ3v) is 3.77. The van der Waals surface area contributed by atoms with Crippen molar-refractivity contribution >= 4 is 0 Å². The second kappa shape index (κ2) is 3.37. The Hall–Kier alpha value is -0.250. The minimum Gasteiger partial charge on any atom is -0.375 e. The zero-order valence-electron chi connectivity index (χ0n) is 9.10. The smallest absolute Gasteiger partial charge is 0.375 e. The van der Waals surface area contributed by atoms with Gasteiger partial charge in [-0.25, -0.2) is 0 Å². The summed E-state index contributed by atoms with van der Waals surface area (Å²) in [5.41, 5.74) is -1.58. The van der Waals surface area contributed by atoms with Gasteiger partial charge in [0.2, 0.25) is 0 Å². The Morgan fingerprint density at radius 2 is 1.87 bits per heavy atom. The maximum absolute atomic E-state index is 12.7. The normalized spacial score (nSPS) is 36.2. The molecule has 3 atom stereocenters. The van der Waals surface area contributed by atoms with Crippen molar-refractivity contribution in [1.82, 2.24) is 0 Å². The molecule has 0 spiro atoms. The van der Waals surface area contributed by atoms with Crippen molar-refractivity contribution in [3.8, 4) is 0 Å². The van der Waals surface area contributed by atoms with Gasteiger partial charge in [-0.2, -0.15) is 13.2 Å². The van der Waals surface area contributed by atoms with Crippen molar-refractivity contribution in [2.24, 2.45) is 11.3 Å². The van der Waals surface area contributed by atoms with E-state index in [1.807, 2.05) is 0 Å². The monoisotopic (exact) mass is 222 g/mol. The molecule has 0 amide bonds. The minimum atomic E-state index is -4.10. The van der Waals surface area contributed by atoms with Crippen LogP contribution in [0.5, 0.6) is 0 Å². The molecule has 2 aliphatic rings. The fourth-order valence-electron chi connectivity index (χ4n) is 2.73. The van der Waals surface area contributed by atoms with Crippen molar-refractivity contribution < 1.29 is 17.9 Å². The molecule has 0 radical (unpaired) electrons. The lowest BCUT2D eigenvalue weighted by Crippen LogP contribution is -2.36. The van der Waals surface area contributed by atoms with Crippen LogP contribution in [0.3, 0.4) is 0 Å². The van der Waals surface area contributed by atoms with E-state index >= 15 is 0 Å². The van der Waals surface area contributed by atoms with Crippen molar-refractivity contribution in [2.45, 2.75) is 57.9 Å². The van der Waals surface area contributed by atoms with Gasteiger partial charge in [0.05, 0.1) is 17.6 Å². The minimum absolute atomic E-state index is 0.0941. The molecule has 1 nitrogen and oxygen atoms in total. The number of hydrogen-bond donors (Lipinski definition) is 0. The molecule has 4 heteroatoms. The lowest BCUT2D eigenvalue weighted by Gasteiger charge is -2.32. The molecule has 3 unspecified atom stereocenters.